The van der Waals surface area contributed by atoms with E-state index in [4.69, 9.17) is 9.47 Å². The van der Waals surface area contributed by atoms with Crippen LogP contribution in [0.5, 0.6) is 11.5 Å². The van der Waals surface area contributed by atoms with Crippen LogP contribution in [0.4, 0.5) is 10.1 Å². The van der Waals surface area contributed by atoms with Crippen LogP contribution in [0.2, 0.25) is 0 Å². The molecule has 0 radical (unpaired) electrons. The zero-order chi connectivity index (χ0) is 14.8. The number of rotatable bonds is 2. The van der Waals surface area contributed by atoms with Crippen molar-refractivity contribution in [3.8, 4) is 11.5 Å². The van der Waals surface area contributed by atoms with Crippen molar-refractivity contribution in [3.05, 3.63) is 52.8 Å². The minimum Gasteiger partial charge on any atom is -0.485 e. The number of hydrogen-bond acceptors (Lipinski definition) is 3. The molecule has 1 N–H and O–H groups in total. The molecule has 4 nitrogen and oxygen atoms in total. The Morgan fingerprint density at radius 3 is 2.76 bits per heavy atom. The van der Waals surface area contributed by atoms with Gasteiger partial charge in [0.15, 0.2) is 11.5 Å². The molecule has 0 spiro atoms. The zero-order valence-electron chi connectivity index (χ0n) is 10.8. The van der Waals surface area contributed by atoms with Gasteiger partial charge in [-0.25, -0.2) is 4.39 Å². The lowest BCUT2D eigenvalue weighted by Crippen LogP contribution is -2.40. The van der Waals surface area contributed by atoms with E-state index in [0.29, 0.717) is 21.7 Å². The van der Waals surface area contributed by atoms with Crippen LogP contribution in [0.3, 0.4) is 0 Å². The van der Waals surface area contributed by atoms with Gasteiger partial charge in [0, 0.05) is 4.47 Å². The number of hydrogen-bond donors (Lipinski definition) is 1. The maximum atomic E-state index is 13.0. The third-order valence-corrected chi connectivity index (χ3v) is 3.65. The third-order valence-electron chi connectivity index (χ3n) is 2.99. The summed E-state index contributed by atoms with van der Waals surface area (Å²) >= 11 is 3.20. The van der Waals surface area contributed by atoms with Crippen molar-refractivity contribution in [2.24, 2.45) is 0 Å². The predicted molar refractivity (Wildman–Crippen MR) is 79.1 cm³/mol. The standard InChI is InChI=1S/C15H11BrFNO3/c16-10-7-9(17)5-6-11(10)18-15(19)14-8-20-12-3-1-2-4-13(12)21-14/h1-7,14H,8H2,(H,18,19). The van der Waals surface area contributed by atoms with E-state index >= 15 is 0 Å². The second kappa shape index (κ2) is 5.73. The highest BCUT2D eigenvalue weighted by molar-refractivity contribution is 9.10. The van der Waals surface area contributed by atoms with Gasteiger partial charge in [-0.3, -0.25) is 4.79 Å². The summed E-state index contributed by atoms with van der Waals surface area (Å²) in [5.74, 6) is 0.412. The largest absolute Gasteiger partial charge is 0.485 e. The number of para-hydroxylation sites is 2. The average Bonchev–Trinajstić information content (AvgIpc) is 2.49. The molecule has 1 amide bonds. The number of carbonyl (C=O) groups is 1. The van der Waals surface area contributed by atoms with Gasteiger partial charge >= 0.3 is 0 Å². The van der Waals surface area contributed by atoms with E-state index in [2.05, 4.69) is 21.2 Å². The van der Waals surface area contributed by atoms with Crippen LogP contribution >= 0.6 is 15.9 Å². The molecule has 2 aromatic carbocycles. The molecule has 21 heavy (non-hydrogen) atoms. The summed E-state index contributed by atoms with van der Waals surface area (Å²) in [5.41, 5.74) is 0.476. The summed E-state index contributed by atoms with van der Waals surface area (Å²) in [6.45, 7) is 0.127. The Bertz CT molecular complexity index is 692. The lowest BCUT2D eigenvalue weighted by atomic mass is 10.2. The fourth-order valence-electron chi connectivity index (χ4n) is 1.95. The van der Waals surface area contributed by atoms with E-state index in [1.54, 1.807) is 18.2 Å². The quantitative estimate of drug-likeness (QED) is 0.902. The van der Waals surface area contributed by atoms with E-state index in [-0.39, 0.29) is 18.3 Å². The zero-order valence-corrected chi connectivity index (χ0v) is 12.4. The maximum absolute atomic E-state index is 13.0. The van der Waals surface area contributed by atoms with Gasteiger partial charge in [-0.05, 0) is 46.3 Å². The highest BCUT2D eigenvalue weighted by atomic mass is 79.9. The monoisotopic (exact) mass is 351 g/mol. The smallest absolute Gasteiger partial charge is 0.269 e. The molecule has 0 aromatic heterocycles. The molecule has 1 aliphatic heterocycles. The van der Waals surface area contributed by atoms with Gasteiger partial charge in [0.1, 0.15) is 12.4 Å². The van der Waals surface area contributed by atoms with Gasteiger partial charge in [-0.1, -0.05) is 12.1 Å². The van der Waals surface area contributed by atoms with Gasteiger partial charge in [-0.15, -0.1) is 0 Å². The number of ether oxygens (including phenoxy) is 2. The maximum Gasteiger partial charge on any atom is 0.269 e. The molecule has 0 bridgehead atoms. The molecule has 0 fully saturated rings. The summed E-state index contributed by atoms with van der Waals surface area (Å²) in [4.78, 5) is 12.2. The molecule has 108 valence electrons. The normalized spacial score (nSPS) is 16.4. The Morgan fingerprint density at radius 1 is 1.24 bits per heavy atom. The summed E-state index contributed by atoms with van der Waals surface area (Å²) < 4.78 is 24.6. The molecule has 0 saturated heterocycles. The van der Waals surface area contributed by atoms with Crippen LogP contribution in [-0.2, 0) is 4.79 Å². The number of halogens is 2. The minimum atomic E-state index is -0.753. The van der Waals surface area contributed by atoms with Crippen molar-refractivity contribution >= 4 is 27.5 Å². The van der Waals surface area contributed by atoms with Crippen LogP contribution < -0.4 is 14.8 Å². The van der Waals surface area contributed by atoms with E-state index in [0.717, 1.165) is 0 Å². The van der Waals surface area contributed by atoms with Crippen LogP contribution in [0.25, 0.3) is 0 Å². The topological polar surface area (TPSA) is 47.6 Å². The highest BCUT2D eigenvalue weighted by Gasteiger charge is 2.27. The van der Waals surface area contributed by atoms with E-state index in [1.807, 2.05) is 6.07 Å². The highest BCUT2D eigenvalue weighted by Crippen LogP contribution is 2.31. The van der Waals surface area contributed by atoms with Crippen molar-refractivity contribution in [2.45, 2.75) is 6.10 Å². The van der Waals surface area contributed by atoms with Crippen LogP contribution in [0, 0.1) is 5.82 Å². The molecule has 3 rings (SSSR count). The second-order valence-electron chi connectivity index (χ2n) is 4.48. The molecule has 1 heterocycles. The van der Waals surface area contributed by atoms with Gasteiger partial charge in [0.25, 0.3) is 5.91 Å². The Balaban J connectivity index is 1.72. The molecule has 1 aliphatic rings. The minimum absolute atomic E-state index is 0.127. The summed E-state index contributed by atoms with van der Waals surface area (Å²) in [6.07, 6.45) is -0.753. The van der Waals surface area contributed by atoms with Crippen LogP contribution in [-0.4, -0.2) is 18.6 Å². The molecule has 0 aliphatic carbocycles. The Labute approximate surface area is 129 Å². The first kappa shape index (κ1) is 13.9. The second-order valence-corrected chi connectivity index (χ2v) is 5.33. The fraction of sp³-hybridized carbons (Fsp3) is 0.133. The van der Waals surface area contributed by atoms with Crippen LogP contribution in [0.1, 0.15) is 0 Å². The lowest BCUT2D eigenvalue weighted by molar-refractivity contribution is -0.125. The summed E-state index contributed by atoms with van der Waals surface area (Å²) in [5, 5.41) is 2.68. The molecule has 0 saturated carbocycles. The number of benzene rings is 2. The number of nitrogens with one attached hydrogen (secondary N) is 1. The van der Waals surface area contributed by atoms with Crippen molar-refractivity contribution in [3.63, 3.8) is 0 Å². The fourth-order valence-corrected chi connectivity index (χ4v) is 2.40. The molecular weight excluding hydrogens is 341 g/mol. The van der Waals surface area contributed by atoms with E-state index in [1.165, 1.54) is 18.2 Å². The molecule has 1 unspecified atom stereocenters. The lowest BCUT2D eigenvalue weighted by Gasteiger charge is -2.25. The Hall–Kier alpha value is -2.08. The van der Waals surface area contributed by atoms with Gasteiger partial charge < -0.3 is 14.8 Å². The number of carbonyl (C=O) groups excluding carboxylic acids is 1. The molecule has 2 aromatic rings. The van der Waals surface area contributed by atoms with E-state index in [9.17, 15) is 9.18 Å². The molecular formula is C15H11BrFNO3. The molecule has 6 heteroatoms. The summed E-state index contributed by atoms with van der Waals surface area (Å²) in [6, 6.07) is 11.2. The number of fused-ring (bicyclic) bond motifs is 1. The van der Waals surface area contributed by atoms with Gasteiger partial charge in [0.05, 0.1) is 5.69 Å². The van der Waals surface area contributed by atoms with Crippen molar-refractivity contribution in [1.29, 1.82) is 0 Å². The predicted octanol–water partition coefficient (Wildman–Crippen LogP) is 3.37. The van der Waals surface area contributed by atoms with Crippen molar-refractivity contribution in [1.82, 2.24) is 0 Å². The van der Waals surface area contributed by atoms with Crippen LogP contribution in [0.15, 0.2) is 46.9 Å². The summed E-state index contributed by atoms with van der Waals surface area (Å²) in [7, 11) is 0. The average molecular weight is 352 g/mol. The number of amides is 1. The van der Waals surface area contributed by atoms with Crippen molar-refractivity contribution < 1.29 is 18.7 Å². The van der Waals surface area contributed by atoms with E-state index < -0.39 is 6.10 Å². The van der Waals surface area contributed by atoms with Gasteiger partial charge in [-0.2, -0.15) is 0 Å². The first-order valence-electron chi connectivity index (χ1n) is 6.28. The Morgan fingerprint density at radius 2 is 2.00 bits per heavy atom. The first-order chi connectivity index (χ1) is 10.1. The third kappa shape index (κ3) is 3.00. The first-order valence-corrected chi connectivity index (χ1v) is 7.07. The molecule has 1 atom stereocenters. The Kier molecular flexibility index (Phi) is 3.79. The SMILES string of the molecule is O=C(Nc1ccc(F)cc1Br)C1COc2ccccc2O1. The van der Waals surface area contributed by atoms with Crippen molar-refractivity contribution in [2.75, 3.05) is 11.9 Å². The number of anilines is 1. The van der Waals surface area contributed by atoms with Gasteiger partial charge in [0.2, 0.25) is 6.10 Å².